The standard InChI is InChI=1S/C14H22O3Si/c1-16-14(15)13(12-8-6-5-7-9-12)17-10-11-18(2,3)4/h5-9,13H,10-11H2,1-4H3. The molecule has 0 aromatic heterocycles. The summed E-state index contributed by atoms with van der Waals surface area (Å²) in [6.07, 6.45) is -0.604. The van der Waals surface area contributed by atoms with Crippen molar-refractivity contribution >= 4 is 14.0 Å². The van der Waals surface area contributed by atoms with Gasteiger partial charge in [-0.15, -0.1) is 0 Å². The number of benzene rings is 1. The van der Waals surface area contributed by atoms with Crippen LogP contribution in [0.3, 0.4) is 0 Å². The minimum Gasteiger partial charge on any atom is -0.467 e. The highest BCUT2D eigenvalue weighted by Crippen LogP contribution is 2.20. The zero-order chi connectivity index (χ0) is 13.6. The second kappa shape index (κ2) is 6.71. The van der Waals surface area contributed by atoms with Gasteiger partial charge in [0.1, 0.15) is 0 Å². The number of hydrogen-bond donors (Lipinski definition) is 0. The summed E-state index contributed by atoms with van der Waals surface area (Å²) >= 11 is 0. The van der Waals surface area contributed by atoms with E-state index in [9.17, 15) is 4.79 Å². The van der Waals surface area contributed by atoms with Gasteiger partial charge in [-0.1, -0.05) is 50.0 Å². The molecule has 0 spiro atoms. The molecule has 18 heavy (non-hydrogen) atoms. The van der Waals surface area contributed by atoms with Gasteiger partial charge in [0, 0.05) is 14.7 Å². The second-order valence-electron chi connectivity index (χ2n) is 5.50. The topological polar surface area (TPSA) is 35.5 Å². The minimum atomic E-state index is -1.15. The fourth-order valence-corrected chi connectivity index (χ4v) is 2.25. The molecule has 1 rings (SSSR count). The summed E-state index contributed by atoms with van der Waals surface area (Å²) in [6, 6.07) is 10.5. The molecule has 0 amide bonds. The molecule has 0 radical (unpaired) electrons. The lowest BCUT2D eigenvalue weighted by Crippen LogP contribution is -2.24. The van der Waals surface area contributed by atoms with Gasteiger partial charge in [-0.3, -0.25) is 0 Å². The molecule has 1 aromatic carbocycles. The van der Waals surface area contributed by atoms with Crippen LogP contribution in [0.15, 0.2) is 30.3 Å². The van der Waals surface area contributed by atoms with Crippen molar-refractivity contribution in [1.82, 2.24) is 0 Å². The summed E-state index contributed by atoms with van der Waals surface area (Å²) in [5.41, 5.74) is 0.847. The Hall–Kier alpha value is -1.13. The molecular weight excluding hydrogens is 244 g/mol. The molecule has 0 heterocycles. The average molecular weight is 266 g/mol. The van der Waals surface area contributed by atoms with Gasteiger partial charge in [-0.25, -0.2) is 4.79 Å². The van der Waals surface area contributed by atoms with E-state index < -0.39 is 14.2 Å². The molecule has 0 aliphatic carbocycles. The highest BCUT2D eigenvalue weighted by Gasteiger charge is 2.23. The smallest absolute Gasteiger partial charge is 0.339 e. The van der Waals surface area contributed by atoms with E-state index in [0.717, 1.165) is 11.6 Å². The zero-order valence-corrected chi connectivity index (χ0v) is 12.6. The van der Waals surface area contributed by atoms with Gasteiger partial charge in [0.25, 0.3) is 0 Å². The zero-order valence-electron chi connectivity index (χ0n) is 11.6. The molecule has 3 nitrogen and oxygen atoms in total. The van der Waals surface area contributed by atoms with Crippen LogP contribution in [0, 0.1) is 0 Å². The van der Waals surface area contributed by atoms with Crippen molar-refractivity contribution in [3.8, 4) is 0 Å². The molecule has 1 unspecified atom stereocenters. The van der Waals surface area contributed by atoms with Crippen LogP contribution in [0.2, 0.25) is 25.7 Å². The third-order valence-corrected chi connectivity index (χ3v) is 4.36. The fourth-order valence-electron chi connectivity index (χ4n) is 1.52. The lowest BCUT2D eigenvalue weighted by atomic mass is 10.1. The first kappa shape index (κ1) is 14.9. The number of esters is 1. The summed E-state index contributed by atoms with van der Waals surface area (Å²) in [7, 11) is 0.242. The largest absolute Gasteiger partial charge is 0.467 e. The third-order valence-electron chi connectivity index (χ3n) is 2.65. The Balaban J connectivity index is 2.66. The van der Waals surface area contributed by atoms with Crippen molar-refractivity contribution in [2.75, 3.05) is 13.7 Å². The average Bonchev–Trinajstić information content (AvgIpc) is 2.33. The van der Waals surface area contributed by atoms with Crippen LogP contribution in [0.5, 0.6) is 0 Å². The molecular formula is C14H22O3Si. The van der Waals surface area contributed by atoms with E-state index in [4.69, 9.17) is 9.47 Å². The van der Waals surface area contributed by atoms with Crippen LogP contribution in [-0.2, 0) is 14.3 Å². The van der Waals surface area contributed by atoms with Crippen LogP contribution in [0.4, 0.5) is 0 Å². The first-order valence-electron chi connectivity index (χ1n) is 6.18. The first-order chi connectivity index (χ1) is 8.44. The Morgan fingerprint density at radius 2 is 1.83 bits per heavy atom. The van der Waals surface area contributed by atoms with Crippen molar-refractivity contribution in [3.05, 3.63) is 35.9 Å². The minimum absolute atomic E-state index is 0.336. The number of carbonyl (C=O) groups is 1. The number of rotatable bonds is 6. The Bertz CT molecular complexity index is 370. The van der Waals surface area contributed by atoms with Crippen molar-refractivity contribution < 1.29 is 14.3 Å². The molecule has 1 atom stereocenters. The van der Waals surface area contributed by atoms with Crippen LogP contribution in [0.1, 0.15) is 11.7 Å². The van der Waals surface area contributed by atoms with Gasteiger partial charge in [0.15, 0.2) is 6.10 Å². The summed E-state index contributed by atoms with van der Waals surface area (Å²) in [5, 5.41) is 0. The van der Waals surface area contributed by atoms with Crippen molar-refractivity contribution in [1.29, 1.82) is 0 Å². The van der Waals surface area contributed by atoms with Crippen molar-refractivity contribution in [2.45, 2.75) is 31.8 Å². The molecule has 0 bridgehead atoms. The van der Waals surface area contributed by atoms with E-state index in [1.165, 1.54) is 7.11 Å². The van der Waals surface area contributed by atoms with Gasteiger partial charge >= 0.3 is 5.97 Å². The summed E-state index contributed by atoms with van der Waals surface area (Å²) < 4.78 is 10.5. The van der Waals surface area contributed by atoms with Crippen LogP contribution < -0.4 is 0 Å². The number of methoxy groups -OCH3 is 1. The molecule has 0 N–H and O–H groups in total. The van der Waals surface area contributed by atoms with Crippen LogP contribution in [-0.4, -0.2) is 27.8 Å². The number of ether oxygens (including phenoxy) is 2. The summed E-state index contributed by atoms with van der Waals surface area (Å²) in [5.74, 6) is -0.336. The van der Waals surface area contributed by atoms with Crippen molar-refractivity contribution in [3.63, 3.8) is 0 Å². The van der Waals surface area contributed by atoms with E-state index in [-0.39, 0.29) is 5.97 Å². The van der Waals surface area contributed by atoms with Gasteiger partial charge in [0.2, 0.25) is 0 Å². The van der Waals surface area contributed by atoms with E-state index in [0.29, 0.717) is 6.61 Å². The molecule has 0 saturated carbocycles. The molecule has 0 aliphatic heterocycles. The monoisotopic (exact) mass is 266 g/mol. The highest BCUT2D eigenvalue weighted by atomic mass is 28.3. The highest BCUT2D eigenvalue weighted by molar-refractivity contribution is 6.76. The fraction of sp³-hybridized carbons (Fsp3) is 0.500. The maximum absolute atomic E-state index is 11.7. The quantitative estimate of drug-likeness (QED) is 0.585. The lowest BCUT2D eigenvalue weighted by Gasteiger charge is -2.19. The molecule has 0 fully saturated rings. The summed E-state index contributed by atoms with van der Waals surface area (Å²) in [6.45, 7) is 7.45. The van der Waals surface area contributed by atoms with Crippen LogP contribution >= 0.6 is 0 Å². The molecule has 4 heteroatoms. The third kappa shape index (κ3) is 5.02. The van der Waals surface area contributed by atoms with Gasteiger partial charge in [-0.2, -0.15) is 0 Å². The Labute approximate surface area is 110 Å². The maximum atomic E-state index is 11.7. The summed E-state index contributed by atoms with van der Waals surface area (Å²) in [4.78, 5) is 11.7. The maximum Gasteiger partial charge on any atom is 0.339 e. The molecule has 1 aromatic rings. The van der Waals surface area contributed by atoms with E-state index in [1.54, 1.807) is 0 Å². The Morgan fingerprint density at radius 1 is 1.22 bits per heavy atom. The lowest BCUT2D eigenvalue weighted by molar-refractivity contribution is -0.154. The van der Waals surface area contributed by atoms with E-state index in [2.05, 4.69) is 19.6 Å². The first-order valence-corrected chi connectivity index (χ1v) is 9.89. The molecule has 100 valence electrons. The van der Waals surface area contributed by atoms with Gasteiger partial charge in [0.05, 0.1) is 7.11 Å². The number of hydrogen-bond acceptors (Lipinski definition) is 3. The van der Waals surface area contributed by atoms with Crippen molar-refractivity contribution in [2.24, 2.45) is 0 Å². The molecule has 0 saturated heterocycles. The number of carbonyl (C=O) groups excluding carboxylic acids is 1. The van der Waals surface area contributed by atoms with Gasteiger partial charge in [-0.05, 0) is 11.6 Å². The van der Waals surface area contributed by atoms with Gasteiger partial charge < -0.3 is 9.47 Å². The van der Waals surface area contributed by atoms with E-state index in [1.807, 2.05) is 30.3 Å². The Morgan fingerprint density at radius 3 is 2.33 bits per heavy atom. The Kier molecular flexibility index (Phi) is 5.56. The van der Waals surface area contributed by atoms with Crippen LogP contribution in [0.25, 0.3) is 0 Å². The normalized spacial score (nSPS) is 13.1. The predicted molar refractivity (Wildman–Crippen MR) is 75.3 cm³/mol. The second-order valence-corrected chi connectivity index (χ2v) is 11.1. The van der Waals surface area contributed by atoms with E-state index >= 15 is 0 Å². The SMILES string of the molecule is COC(=O)C(OCC[Si](C)(C)C)c1ccccc1. The predicted octanol–water partition coefficient (Wildman–Crippen LogP) is 3.26. The molecule has 0 aliphatic rings.